The molecule has 1 saturated heterocycles. The summed E-state index contributed by atoms with van der Waals surface area (Å²) < 4.78 is 5.89. The van der Waals surface area contributed by atoms with Gasteiger partial charge in [0.1, 0.15) is 5.76 Å². The highest BCUT2D eigenvalue weighted by molar-refractivity contribution is 7.99. The van der Waals surface area contributed by atoms with Crippen LogP contribution in [0.25, 0.3) is 5.57 Å². The Morgan fingerprint density at radius 3 is 2.92 bits per heavy atom. The van der Waals surface area contributed by atoms with Gasteiger partial charge in [-0.3, -0.25) is 14.9 Å². The number of rotatable bonds is 4. The van der Waals surface area contributed by atoms with Crippen LogP contribution in [0.4, 0.5) is 0 Å². The molecule has 2 aliphatic rings. The van der Waals surface area contributed by atoms with E-state index in [1.54, 1.807) is 18.0 Å². The van der Waals surface area contributed by atoms with E-state index in [1.807, 2.05) is 31.2 Å². The molecule has 3 rings (SSSR count). The maximum atomic E-state index is 12.2. The molecule has 5 heteroatoms. The van der Waals surface area contributed by atoms with E-state index in [4.69, 9.17) is 4.42 Å². The number of piperidine rings is 1. The molecule has 3 heterocycles. The van der Waals surface area contributed by atoms with Crippen molar-refractivity contribution >= 4 is 29.1 Å². The first-order chi connectivity index (χ1) is 11.7. The molecule has 2 unspecified atom stereocenters. The van der Waals surface area contributed by atoms with Gasteiger partial charge < -0.3 is 4.42 Å². The highest BCUT2D eigenvalue weighted by atomic mass is 32.2. The molecule has 2 aliphatic heterocycles. The van der Waals surface area contributed by atoms with Crippen molar-refractivity contribution < 1.29 is 14.0 Å². The van der Waals surface area contributed by atoms with E-state index >= 15 is 0 Å². The van der Waals surface area contributed by atoms with Crippen LogP contribution in [0.5, 0.6) is 0 Å². The van der Waals surface area contributed by atoms with Gasteiger partial charge in [0.05, 0.1) is 11.2 Å². The Kier molecular flexibility index (Phi) is 5.09. The second kappa shape index (κ2) is 7.26. The van der Waals surface area contributed by atoms with Gasteiger partial charge in [0, 0.05) is 23.8 Å². The highest BCUT2D eigenvalue weighted by Gasteiger charge is 2.39. The molecule has 126 valence electrons. The van der Waals surface area contributed by atoms with E-state index in [9.17, 15) is 9.59 Å². The van der Waals surface area contributed by atoms with Crippen LogP contribution in [0, 0.1) is 5.92 Å². The third kappa shape index (κ3) is 3.13. The molecule has 0 radical (unpaired) electrons. The minimum atomic E-state index is -0.187. The average molecular weight is 343 g/mol. The van der Waals surface area contributed by atoms with Gasteiger partial charge in [0.15, 0.2) is 0 Å². The minimum absolute atomic E-state index is 0.0379. The van der Waals surface area contributed by atoms with Gasteiger partial charge >= 0.3 is 0 Å². The molecule has 0 aliphatic carbocycles. The van der Waals surface area contributed by atoms with Crippen molar-refractivity contribution in [1.29, 1.82) is 0 Å². The van der Waals surface area contributed by atoms with E-state index in [-0.39, 0.29) is 23.7 Å². The average Bonchev–Trinajstić information content (AvgIpc) is 3.00. The lowest BCUT2D eigenvalue weighted by Crippen LogP contribution is -2.43. The number of carbonyl (C=O) groups is 2. The number of thioether (sulfide) groups is 1. The first-order valence-electron chi connectivity index (χ1n) is 8.19. The molecule has 2 atom stereocenters. The number of nitrogens with one attached hydrogen (secondary N) is 1. The monoisotopic (exact) mass is 343 g/mol. The second-order valence-corrected chi connectivity index (χ2v) is 7.10. The van der Waals surface area contributed by atoms with E-state index in [1.165, 1.54) is 0 Å². The molecule has 4 nitrogen and oxygen atoms in total. The summed E-state index contributed by atoms with van der Waals surface area (Å²) in [5.41, 5.74) is 2.04. The molecule has 1 aromatic heterocycles. The Morgan fingerprint density at radius 2 is 2.21 bits per heavy atom. The zero-order valence-corrected chi connectivity index (χ0v) is 14.5. The molecular formula is C19H21NO3S. The molecule has 0 spiro atoms. The van der Waals surface area contributed by atoms with Gasteiger partial charge in [-0.25, -0.2) is 0 Å². The van der Waals surface area contributed by atoms with Crippen molar-refractivity contribution in [3.05, 3.63) is 48.5 Å². The lowest BCUT2D eigenvalue weighted by molar-refractivity contribution is -0.137. The highest BCUT2D eigenvalue weighted by Crippen LogP contribution is 2.47. The van der Waals surface area contributed by atoms with E-state index in [0.717, 1.165) is 34.0 Å². The molecule has 0 bridgehead atoms. The predicted molar refractivity (Wildman–Crippen MR) is 95.7 cm³/mol. The Hall–Kier alpha value is -2.01. The summed E-state index contributed by atoms with van der Waals surface area (Å²) in [4.78, 5) is 24.7. The topological polar surface area (TPSA) is 59.3 Å². The lowest BCUT2D eigenvalue weighted by Gasteiger charge is -2.30. The van der Waals surface area contributed by atoms with Crippen LogP contribution >= 0.6 is 11.8 Å². The second-order valence-electron chi connectivity index (χ2n) is 6.00. The normalized spacial score (nSPS) is 24.8. The van der Waals surface area contributed by atoms with Crippen molar-refractivity contribution in [2.75, 3.05) is 5.75 Å². The van der Waals surface area contributed by atoms with Gasteiger partial charge in [-0.05, 0) is 31.1 Å². The fourth-order valence-corrected chi connectivity index (χ4v) is 4.57. The molecule has 2 amide bonds. The van der Waals surface area contributed by atoms with Crippen LogP contribution < -0.4 is 5.32 Å². The van der Waals surface area contributed by atoms with Crippen LogP contribution in [0.3, 0.4) is 0 Å². The number of amides is 2. The fourth-order valence-electron chi connectivity index (χ4n) is 3.33. The summed E-state index contributed by atoms with van der Waals surface area (Å²) in [7, 11) is 0. The van der Waals surface area contributed by atoms with Crippen molar-refractivity contribution in [3.8, 4) is 0 Å². The summed E-state index contributed by atoms with van der Waals surface area (Å²) in [6.07, 6.45) is 11.4. The number of allylic oxidation sites excluding steroid dienone is 5. The van der Waals surface area contributed by atoms with Gasteiger partial charge in [-0.2, -0.15) is 0 Å². The van der Waals surface area contributed by atoms with Crippen molar-refractivity contribution in [1.82, 2.24) is 5.32 Å². The summed E-state index contributed by atoms with van der Waals surface area (Å²) in [6, 6.07) is 0. The van der Waals surface area contributed by atoms with E-state index in [0.29, 0.717) is 12.8 Å². The fraction of sp³-hybridized carbons (Fsp3) is 0.368. The Labute approximate surface area is 146 Å². The largest absolute Gasteiger partial charge is 0.467 e. The van der Waals surface area contributed by atoms with Crippen molar-refractivity contribution in [2.45, 2.75) is 37.0 Å². The van der Waals surface area contributed by atoms with Crippen LogP contribution in [0.1, 0.15) is 43.4 Å². The number of imide groups is 1. The van der Waals surface area contributed by atoms with Crippen LogP contribution in [0.2, 0.25) is 0 Å². The zero-order chi connectivity index (χ0) is 17.1. The smallest absolute Gasteiger partial charge is 0.230 e. The maximum absolute atomic E-state index is 12.2. The molecule has 1 fully saturated rings. The molecule has 0 aromatic carbocycles. The molecule has 24 heavy (non-hydrogen) atoms. The van der Waals surface area contributed by atoms with Crippen molar-refractivity contribution in [3.63, 3.8) is 0 Å². The van der Waals surface area contributed by atoms with Gasteiger partial charge in [-0.15, -0.1) is 11.8 Å². The summed E-state index contributed by atoms with van der Waals surface area (Å²) >= 11 is 1.76. The Balaban J connectivity index is 1.94. The van der Waals surface area contributed by atoms with E-state index in [2.05, 4.69) is 11.9 Å². The molecule has 1 aromatic rings. The van der Waals surface area contributed by atoms with Gasteiger partial charge in [0.25, 0.3) is 0 Å². The number of hydrogen-bond donors (Lipinski definition) is 1. The maximum Gasteiger partial charge on any atom is 0.230 e. The standard InChI is InChI=1S/C19H21NO3S/c1-3-5-6-12(4-2)15-11-23-17-13(9-10-24-18(15)17)14-7-8-16(21)20-19(14)22/h3-6,11,13-14H,2,7-10H2,1H3,(H,20,21,22)/b5-3-,12-6+. The predicted octanol–water partition coefficient (Wildman–Crippen LogP) is 4.06. The quantitative estimate of drug-likeness (QED) is 0.662. The Bertz CT molecular complexity index is 729. The first-order valence-corrected chi connectivity index (χ1v) is 9.18. The van der Waals surface area contributed by atoms with Crippen LogP contribution in [-0.2, 0) is 9.59 Å². The molecular weight excluding hydrogens is 322 g/mol. The van der Waals surface area contributed by atoms with Crippen LogP contribution in [0.15, 0.2) is 46.5 Å². The van der Waals surface area contributed by atoms with E-state index < -0.39 is 0 Å². The van der Waals surface area contributed by atoms with Crippen LogP contribution in [-0.4, -0.2) is 17.6 Å². The first kappa shape index (κ1) is 16.8. The van der Waals surface area contributed by atoms with Crippen molar-refractivity contribution in [2.24, 2.45) is 5.92 Å². The third-order valence-corrected chi connectivity index (χ3v) is 5.70. The number of hydrogen-bond acceptors (Lipinski definition) is 4. The number of carbonyl (C=O) groups excluding carboxylic acids is 2. The minimum Gasteiger partial charge on any atom is -0.467 e. The third-order valence-electron chi connectivity index (χ3n) is 4.55. The SMILES string of the molecule is C=C/C(=C\C=C/C)c1coc2c1SCCC2C1CCC(=O)NC1=O. The number of furan rings is 1. The lowest BCUT2D eigenvalue weighted by atomic mass is 9.81. The summed E-state index contributed by atoms with van der Waals surface area (Å²) in [5.74, 6) is 1.33. The van der Waals surface area contributed by atoms with Gasteiger partial charge in [0.2, 0.25) is 11.8 Å². The molecule has 0 saturated carbocycles. The Morgan fingerprint density at radius 1 is 1.38 bits per heavy atom. The summed E-state index contributed by atoms with van der Waals surface area (Å²) in [6.45, 7) is 5.86. The summed E-state index contributed by atoms with van der Waals surface area (Å²) in [5, 5.41) is 2.46. The van der Waals surface area contributed by atoms with Gasteiger partial charge in [-0.1, -0.05) is 30.9 Å². The molecule has 1 N–H and O–H groups in total. The number of fused-ring (bicyclic) bond motifs is 1. The zero-order valence-electron chi connectivity index (χ0n) is 13.7.